The van der Waals surface area contributed by atoms with E-state index in [1.165, 1.54) is 9.15 Å². The van der Waals surface area contributed by atoms with Crippen molar-refractivity contribution in [3.05, 3.63) is 56.6 Å². The van der Waals surface area contributed by atoms with Crippen molar-refractivity contribution in [2.45, 2.75) is 58.4 Å². The van der Waals surface area contributed by atoms with Crippen molar-refractivity contribution in [2.24, 2.45) is 11.5 Å². The maximum absolute atomic E-state index is 13.2. The van der Waals surface area contributed by atoms with Gasteiger partial charge in [0.25, 0.3) is 5.91 Å². The molecule has 1 heterocycles. The molecule has 0 aromatic rings. The van der Waals surface area contributed by atoms with E-state index in [0.717, 1.165) is 37.7 Å². The van der Waals surface area contributed by atoms with Gasteiger partial charge in [-0.3, -0.25) is 4.79 Å². The van der Waals surface area contributed by atoms with Crippen LogP contribution in [0.5, 0.6) is 0 Å². The van der Waals surface area contributed by atoms with Crippen LogP contribution >= 0.6 is 22.6 Å². The third-order valence-corrected chi connectivity index (χ3v) is 5.46. The lowest BCUT2D eigenvalue weighted by molar-refractivity contribution is -0.125. The highest BCUT2D eigenvalue weighted by molar-refractivity contribution is 14.1. The molecule has 0 saturated carbocycles. The van der Waals surface area contributed by atoms with Crippen LogP contribution in [0.4, 0.5) is 0 Å². The quantitative estimate of drug-likeness (QED) is 0.463. The minimum Gasteiger partial charge on any atom is -0.402 e. The molecule has 0 radical (unpaired) electrons. The van der Waals surface area contributed by atoms with Gasteiger partial charge in [0, 0.05) is 29.6 Å². The van der Waals surface area contributed by atoms with Gasteiger partial charge in [-0.05, 0) is 64.9 Å². The van der Waals surface area contributed by atoms with Crippen molar-refractivity contribution in [2.75, 3.05) is 0 Å². The number of hydrogen-bond donors (Lipinski definition) is 2. The summed E-state index contributed by atoms with van der Waals surface area (Å²) >= 11 is 2.36. The Labute approximate surface area is 164 Å². The zero-order valence-corrected chi connectivity index (χ0v) is 17.3. The molecule has 0 bridgehead atoms. The van der Waals surface area contributed by atoms with E-state index in [1.807, 2.05) is 19.1 Å². The van der Waals surface area contributed by atoms with Gasteiger partial charge in [0.05, 0.1) is 6.04 Å². The van der Waals surface area contributed by atoms with E-state index in [-0.39, 0.29) is 11.9 Å². The van der Waals surface area contributed by atoms with Crippen LogP contribution < -0.4 is 11.5 Å². The SMILES string of the molecule is CCCC/C(N)=C(\CC1=CC=C(I)CC1)C(=O)N1C=C(N)C=CC1C. The standard InChI is InChI=1S/C20H28IN3O/c1-3-4-5-19(23)18(12-15-7-9-16(21)10-8-15)20(25)24-13-17(22)11-6-14(24)2/h6-7,9,11,13-14H,3-5,8,10,12,22-23H2,1-2H3/b19-18-. The van der Waals surface area contributed by atoms with Gasteiger partial charge in [0.2, 0.25) is 0 Å². The molecule has 0 aromatic heterocycles. The minimum absolute atomic E-state index is 0.0186. The monoisotopic (exact) mass is 453 g/mol. The third kappa shape index (κ3) is 5.49. The smallest absolute Gasteiger partial charge is 0.256 e. The Morgan fingerprint density at radius 2 is 2.12 bits per heavy atom. The average molecular weight is 453 g/mol. The largest absolute Gasteiger partial charge is 0.402 e. The lowest BCUT2D eigenvalue weighted by Crippen LogP contribution is -2.37. The summed E-state index contributed by atoms with van der Waals surface area (Å²) in [5.74, 6) is -0.0291. The molecule has 5 heteroatoms. The van der Waals surface area contributed by atoms with Gasteiger partial charge in [-0.1, -0.05) is 37.1 Å². The van der Waals surface area contributed by atoms with Gasteiger partial charge in [0.15, 0.2) is 0 Å². The van der Waals surface area contributed by atoms with Crippen LogP contribution in [0, 0.1) is 0 Å². The van der Waals surface area contributed by atoms with E-state index in [0.29, 0.717) is 17.8 Å². The lowest BCUT2D eigenvalue weighted by Gasteiger charge is -2.29. The van der Waals surface area contributed by atoms with Crippen LogP contribution in [0.15, 0.2) is 56.6 Å². The molecule has 1 aliphatic heterocycles. The number of allylic oxidation sites excluding steroid dienone is 6. The fourth-order valence-corrected chi connectivity index (χ4v) is 3.39. The van der Waals surface area contributed by atoms with Crippen molar-refractivity contribution in [1.29, 1.82) is 0 Å². The molecule has 1 atom stereocenters. The number of carbonyl (C=O) groups is 1. The fourth-order valence-electron chi connectivity index (χ4n) is 2.94. The van der Waals surface area contributed by atoms with Gasteiger partial charge < -0.3 is 16.4 Å². The molecule has 0 spiro atoms. The summed E-state index contributed by atoms with van der Waals surface area (Å²) in [6.07, 6.45) is 15.2. The van der Waals surface area contributed by atoms with E-state index < -0.39 is 0 Å². The van der Waals surface area contributed by atoms with Gasteiger partial charge in [-0.25, -0.2) is 0 Å². The second kappa shape index (κ2) is 9.27. The Balaban J connectivity index is 2.28. The molecule has 0 aromatic carbocycles. The highest BCUT2D eigenvalue weighted by Gasteiger charge is 2.25. The number of halogens is 1. The number of nitrogens with zero attached hydrogens (tertiary/aromatic N) is 1. The van der Waals surface area contributed by atoms with E-state index in [9.17, 15) is 4.79 Å². The van der Waals surface area contributed by atoms with Crippen molar-refractivity contribution in [1.82, 2.24) is 4.90 Å². The summed E-state index contributed by atoms with van der Waals surface area (Å²) < 4.78 is 1.35. The Hall–Kier alpha value is -1.50. The number of hydrogen-bond acceptors (Lipinski definition) is 3. The Morgan fingerprint density at radius 1 is 1.36 bits per heavy atom. The molecule has 2 rings (SSSR count). The molecule has 1 aliphatic carbocycles. The summed E-state index contributed by atoms with van der Waals surface area (Å²) in [6.45, 7) is 4.12. The number of nitrogens with two attached hydrogens (primary N) is 2. The van der Waals surface area contributed by atoms with Crippen molar-refractivity contribution in [3.8, 4) is 0 Å². The molecule has 4 N–H and O–H groups in total. The molecule has 0 fully saturated rings. The van der Waals surface area contributed by atoms with E-state index >= 15 is 0 Å². The zero-order valence-electron chi connectivity index (χ0n) is 15.1. The highest BCUT2D eigenvalue weighted by Crippen LogP contribution is 2.29. The second-order valence-electron chi connectivity index (χ2n) is 6.66. The lowest BCUT2D eigenvalue weighted by atomic mass is 9.94. The number of rotatable bonds is 6. The number of amides is 1. The first-order chi connectivity index (χ1) is 11.9. The first-order valence-electron chi connectivity index (χ1n) is 8.92. The molecule has 0 saturated heterocycles. The maximum atomic E-state index is 13.2. The van der Waals surface area contributed by atoms with E-state index in [2.05, 4.69) is 41.7 Å². The molecule has 2 aliphatic rings. The van der Waals surface area contributed by atoms with Crippen LogP contribution in [0.3, 0.4) is 0 Å². The number of unbranched alkanes of at least 4 members (excludes halogenated alkanes) is 1. The van der Waals surface area contributed by atoms with Crippen LogP contribution in [0.1, 0.15) is 52.4 Å². The summed E-state index contributed by atoms with van der Waals surface area (Å²) in [6, 6.07) is -0.0186. The summed E-state index contributed by atoms with van der Waals surface area (Å²) in [4.78, 5) is 14.9. The third-order valence-electron chi connectivity index (χ3n) is 4.56. The van der Waals surface area contributed by atoms with Crippen molar-refractivity contribution >= 4 is 28.5 Å². The molecule has 136 valence electrons. The van der Waals surface area contributed by atoms with Crippen LogP contribution in [-0.4, -0.2) is 16.8 Å². The number of carbonyl (C=O) groups excluding carboxylic acids is 1. The second-order valence-corrected chi connectivity index (χ2v) is 8.05. The summed E-state index contributed by atoms with van der Waals surface area (Å²) in [5.41, 5.74) is 15.5. The zero-order chi connectivity index (χ0) is 18.4. The van der Waals surface area contributed by atoms with Crippen LogP contribution in [-0.2, 0) is 4.79 Å². The van der Waals surface area contributed by atoms with E-state index in [1.54, 1.807) is 11.1 Å². The normalized spacial score (nSPS) is 21.3. The van der Waals surface area contributed by atoms with Crippen LogP contribution in [0.25, 0.3) is 0 Å². The van der Waals surface area contributed by atoms with Crippen molar-refractivity contribution in [3.63, 3.8) is 0 Å². The first kappa shape index (κ1) is 19.8. The summed E-state index contributed by atoms with van der Waals surface area (Å²) in [7, 11) is 0. The van der Waals surface area contributed by atoms with Crippen LogP contribution in [0.2, 0.25) is 0 Å². The Kier molecular flexibility index (Phi) is 7.35. The first-order valence-corrected chi connectivity index (χ1v) is 10.00. The summed E-state index contributed by atoms with van der Waals surface area (Å²) in [5, 5.41) is 0. The fraction of sp³-hybridized carbons (Fsp3) is 0.450. The van der Waals surface area contributed by atoms with Gasteiger partial charge in [0.1, 0.15) is 0 Å². The molecular formula is C20H28IN3O. The molecule has 1 amide bonds. The van der Waals surface area contributed by atoms with Gasteiger partial charge in [-0.2, -0.15) is 0 Å². The Bertz CT molecular complexity index is 670. The van der Waals surface area contributed by atoms with Gasteiger partial charge >= 0.3 is 0 Å². The topological polar surface area (TPSA) is 72.4 Å². The van der Waals surface area contributed by atoms with E-state index in [4.69, 9.17) is 11.5 Å². The minimum atomic E-state index is -0.0291. The molecule has 4 nitrogen and oxygen atoms in total. The average Bonchev–Trinajstić information content (AvgIpc) is 2.60. The van der Waals surface area contributed by atoms with Crippen molar-refractivity contribution < 1.29 is 4.79 Å². The van der Waals surface area contributed by atoms with Gasteiger partial charge in [-0.15, -0.1) is 0 Å². The Morgan fingerprint density at radius 3 is 2.76 bits per heavy atom. The maximum Gasteiger partial charge on any atom is 0.256 e. The predicted octanol–water partition coefficient (Wildman–Crippen LogP) is 4.41. The molecular weight excluding hydrogens is 425 g/mol. The molecule has 1 unspecified atom stereocenters. The highest BCUT2D eigenvalue weighted by atomic mass is 127. The molecule has 25 heavy (non-hydrogen) atoms. The predicted molar refractivity (Wildman–Crippen MR) is 112 cm³/mol.